The predicted octanol–water partition coefficient (Wildman–Crippen LogP) is 4.03. The van der Waals surface area contributed by atoms with Gasteiger partial charge in [0.05, 0.1) is 26.0 Å². The van der Waals surface area contributed by atoms with Crippen LogP contribution in [0.15, 0.2) is 29.4 Å². The number of hydrogen-bond donors (Lipinski definition) is 0. The lowest BCUT2D eigenvalue weighted by Gasteiger charge is -2.37. The lowest BCUT2D eigenvalue weighted by molar-refractivity contribution is 0.0906. The van der Waals surface area contributed by atoms with Crippen LogP contribution >= 0.6 is 11.6 Å². The summed E-state index contributed by atoms with van der Waals surface area (Å²) in [6.45, 7) is 1.78. The SMILES string of the molecule is Cc1c(Oc2ccc(S(=O)(=O)C3CC3)cc2Cl)ncnc1OC1CC2CC[C@@H](C1)N2S(=O)(=O)C1CC1. The fraction of sp³-hybridized carbons (Fsp3) is 0.583. The molecule has 4 fully saturated rings. The number of halogens is 1. The highest BCUT2D eigenvalue weighted by Gasteiger charge is 2.52. The number of ether oxygens (including phenoxy) is 2. The summed E-state index contributed by atoms with van der Waals surface area (Å²) < 4.78 is 64.7. The first-order chi connectivity index (χ1) is 17.1. The van der Waals surface area contributed by atoms with Crippen LogP contribution in [0.2, 0.25) is 5.02 Å². The molecule has 2 unspecified atom stereocenters. The molecule has 2 bridgehead atoms. The van der Waals surface area contributed by atoms with E-state index in [0.29, 0.717) is 37.1 Å². The van der Waals surface area contributed by atoms with E-state index in [1.54, 1.807) is 11.2 Å². The molecular formula is C24H28ClN3O6S2. The second-order valence-electron chi connectivity index (χ2n) is 10.2. The van der Waals surface area contributed by atoms with Crippen LogP contribution in [-0.4, -0.2) is 59.8 Å². The van der Waals surface area contributed by atoms with E-state index in [4.69, 9.17) is 21.1 Å². The Hall–Kier alpha value is -1.95. The van der Waals surface area contributed by atoms with Crippen LogP contribution in [0.3, 0.4) is 0 Å². The van der Waals surface area contributed by atoms with Crippen molar-refractivity contribution in [1.82, 2.24) is 14.3 Å². The van der Waals surface area contributed by atoms with Crippen LogP contribution in [0.1, 0.15) is 56.9 Å². The number of hydrogen-bond acceptors (Lipinski definition) is 8. The third-order valence-corrected chi connectivity index (χ3v) is 12.6. The second-order valence-corrected chi connectivity index (χ2v) is 15.0. The topological polar surface area (TPSA) is 116 Å². The minimum absolute atomic E-state index is 0.0264. The molecule has 12 heteroatoms. The summed E-state index contributed by atoms with van der Waals surface area (Å²) in [6, 6.07) is 4.40. The summed E-state index contributed by atoms with van der Waals surface area (Å²) in [5.41, 5.74) is 0.587. The zero-order valence-corrected chi connectivity index (χ0v) is 22.2. The molecule has 2 aromatic rings. The first-order valence-electron chi connectivity index (χ1n) is 12.4. The maximum atomic E-state index is 12.9. The molecule has 3 heterocycles. The molecule has 2 saturated heterocycles. The van der Waals surface area contributed by atoms with Crippen molar-refractivity contribution in [3.05, 3.63) is 35.1 Å². The Balaban J connectivity index is 1.16. The predicted molar refractivity (Wildman–Crippen MR) is 133 cm³/mol. The van der Waals surface area contributed by atoms with Gasteiger partial charge in [-0.1, -0.05) is 11.6 Å². The minimum Gasteiger partial charge on any atom is -0.474 e. The highest BCUT2D eigenvalue weighted by molar-refractivity contribution is 7.92. The van der Waals surface area contributed by atoms with Crippen LogP contribution in [0.25, 0.3) is 0 Å². The van der Waals surface area contributed by atoms with Crippen molar-refractivity contribution in [3.63, 3.8) is 0 Å². The van der Waals surface area contributed by atoms with Gasteiger partial charge in [-0.05, 0) is 63.6 Å². The van der Waals surface area contributed by atoms with E-state index in [9.17, 15) is 16.8 Å². The monoisotopic (exact) mass is 553 g/mol. The quantitative estimate of drug-likeness (QED) is 0.481. The molecule has 3 atom stereocenters. The number of piperidine rings is 1. The van der Waals surface area contributed by atoms with Gasteiger partial charge in [-0.2, -0.15) is 4.31 Å². The van der Waals surface area contributed by atoms with Gasteiger partial charge in [0.15, 0.2) is 9.84 Å². The normalized spacial score (nSPS) is 26.7. The van der Waals surface area contributed by atoms with Crippen LogP contribution in [0.5, 0.6) is 17.5 Å². The van der Waals surface area contributed by atoms with Crippen molar-refractivity contribution in [2.24, 2.45) is 0 Å². The molecule has 9 nitrogen and oxygen atoms in total. The average molecular weight is 554 g/mol. The van der Waals surface area contributed by atoms with E-state index >= 15 is 0 Å². The van der Waals surface area contributed by atoms with Gasteiger partial charge in [0.2, 0.25) is 21.8 Å². The molecule has 2 saturated carbocycles. The van der Waals surface area contributed by atoms with Crippen molar-refractivity contribution in [3.8, 4) is 17.5 Å². The van der Waals surface area contributed by atoms with Crippen molar-refractivity contribution in [1.29, 1.82) is 0 Å². The second kappa shape index (κ2) is 8.82. The van der Waals surface area contributed by atoms with Gasteiger partial charge in [0.25, 0.3) is 0 Å². The third kappa shape index (κ3) is 4.37. The number of fused-ring (bicyclic) bond motifs is 2. The Kier molecular flexibility index (Phi) is 5.97. The summed E-state index contributed by atoms with van der Waals surface area (Å²) in [4.78, 5) is 8.69. The highest BCUT2D eigenvalue weighted by atomic mass is 35.5. The Bertz CT molecular complexity index is 1390. The van der Waals surface area contributed by atoms with Gasteiger partial charge < -0.3 is 9.47 Å². The molecule has 194 valence electrons. The van der Waals surface area contributed by atoms with Gasteiger partial charge in [-0.3, -0.25) is 0 Å². The highest BCUT2D eigenvalue weighted by Crippen LogP contribution is 2.44. The van der Waals surface area contributed by atoms with E-state index in [2.05, 4.69) is 9.97 Å². The molecule has 0 amide bonds. The molecule has 0 radical (unpaired) electrons. The molecule has 1 aromatic carbocycles. The first kappa shape index (κ1) is 24.4. The Morgan fingerprint density at radius 3 is 2.17 bits per heavy atom. The largest absolute Gasteiger partial charge is 0.474 e. The zero-order chi connectivity index (χ0) is 25.2. The number of benzene rings is 1. The number of nitrogens with zero attached hydrogens (tertiary/aromatic N) is 3. The lowest BCUT2D eigenvalue weighted by Crippen LogP contribution is -2.50. The minimum atomic E-state index is -3.35. The first-order valence-corrected chi connectivity index (χ1v) is 15.8. The molecular weight excluding hydrogens is 526 g/mol. The average Bonchev–Trinajstić information content (AvgIpc) is 3.73. The van der Waals surface area contributed by atoms with E-state index in [1.807, 2.05) is 0 Å². The summed E-state index contributed by atoms with van der Waals surface area (Å²) >= 11 is 6.36. The molecule has 0 N–H and O–H groups in total. The fourth-order valence-electron chi connectivity index (χ4n) is 5.35. The van der Waals surface area contributed by atoms with Gasteiger partial charge in [-0.15, -0.1) is 0 Å². The maximum absolute atomic E-state index is 12.9. The van der Waals surface area contributed by atoms with Crippen LogP contribution in [-0.2, 0) is 19.9 Å². The van der Waals surface area contributed by atoms with Crippen LogP contribution in [0.4, 0.5) is 0 Å². The van der Waals surface area contributed by atoms with Gasteiger partial charge in [0.1, 0.15) is 18.2 Å². The summed E-state index contributed by atoms with van der Waals surface area (Å²) in [7, 11) is -6.56. The smallest absolute Gasteiger partial charge is 0.229 e. The molecule has 0 spiro atoms. The Morgan fingerprint density at radius 1 is 0.917 bits per heavy atom. The van der Waals surface area contributed by atoms with Crippen molar-refractivity contribution in [2.45, 2.75) is 91.9 Å². The Morgan fingerprint density at radius 2 is 1.56 bits per heavy atom. The van der Waals surface area contributed by atoms with Crippen molar-refractivity contribution in [2.75, 3.05) is 0 Å². The summed E-state index contributed by atoms with van der Waals surface area (Å²) in [5.74, 6) is 0.930. The number of aromatic nitrogens is 2. The number of sulfonamides is 1. The maximum Gasteiger partial charge on any atom is 0.229 e. The standard InChI is InChI=1S/C24H28ClN3O6S2/c1-14-23(33-17-10-15-2-3-16(11-17)28(15)36(31,32)19-6-7-19)26-13-27-24(14)34-22-9-8-20(12-21(22)25)35(29,30)18-4-5-18/h8-9,12-13,15-19H,2-7,10-11H2,1H3/t15-,16?,17?/m0/s1. The van der Waals surface area contributed by atoms with Gasteiger partial charge in [-0.25, -0.2) is 26.8 Å². The number of sulfone groups is 1. The number of rotatable bonds is 8. The van der Waals surface area contributed by atoms with Gasteiger partial charge >= 0.3 is 0 Å². The fourth-order valence-corrected chi connectivity index (χ4v) is 9.60. The summed E-state index contributed by atoms with van der Waals surface area (Å²) in [5, 5.41) is -0.338. The zero-order valence-electron chi connectivity index (χ0n) is 19.8. The van der Waals surface area contributed by atoms with Crippen LogP contribution in [0, 0.1) is 6.92 Å². The van der Waals surface area contributed by atoms with Crippen molar-refractivity contribution >= 4 is 31.5 Å². The van der Waals surface area contributed by atoms with E-state index in [1.165, 1.54) is 24.5 Å². The van der Waals surface area contributed by atoms with Crippen LogP contribution < -0.4 is 9.47 Å². The van der Waals surface area contributed by atoms with Crippen molar-refractivity contribution < 1.29 is 26.3 Å². The molecule has 2 aliphatic heterocycles. The molecule has 36 heavy (non-hydrogen) atoms. The summed E-state index contributed by atoms with van der Waals surface area (Å²) in [6.07, 6.45) is 7.07. The van der Waals surface area contributed by atoms with Gasteiger partial charge in [0, 0.05) is 24.9 Å². The third-order valence-electron chi connectivity index (χ3n) is 7.53. The Labute approximate surface area is 216 Å². The molecule has 1 aromatic heterocycles. The molecule has 6 rings (SSSR count). The lowest BCUT2D eigenvalue weighted by atomic mass is 10.0. The molecule has 2 aliphatic carbocycles. The van der Waals surface area contributed by atoms with E-state index in [0.717, 1.165) is 25.7 Å². The van der Waals surface area contributed by atoms with E-state index in [-0.39, 0.29) is 50.2 Å². The molecule has 4 aliphatic rings. The van der Waals surface area contributed by atoms with E-state index < -0.39 is 19.9 Å².